The van der Waals surface area contributed by atoms with Crippen molar-refractivity contribution >= 4 is 15.9 Å². The number of amides is 1. The van der Waals surface area contributed by atoms with Crippen molar-refractivity contribution in [2.75, 3.05) is 39.3 Å². The number of nitrogens with zero attached hydrogens (tertiary/aromatic N) is 5. The van der Waals surface area contributed by atoms with Gasteiger partial charge in [-0.1, -0.05) is 18.2 Å². The summed E-state index contributed by atoms with van der Waals surface area (Å²) in [7, 11) is -3.71. The van der Waals surface area contributed by atoms with Crippen LogP contribution in [-0.4, -0.2) is 76.8 Å². The van der Waals surface area contributed by atoms with Crippen LogP contribution in [0, 0.1) is 13.8 Å². The van der Waals surface area contributed by atoms with Crippen molar-refractivity contribution in [3.63, 3.8) is 0 Å². The molecule has 1 saturated heterocycles. The molecule has 3 aromatic rings. The number of sulfonamides is 1. The first kappa shape index (κ1) is 24.8. The summed E-state index contributed by atoms with van der Waals surface area (Å²) in [5.41, 5.74) is 3.42. The maximum atomic E-state index is 13.5. The Kier molecular flexibility index (Phi) is 7.05. The zero-order chi connectivity index (χ0) is 25.3. The summed E-state index contributed by atoms with van der Waals surface area (Å²) >= 11 is 0. The van der Waals surface area contributed by atoms with Gasteiger partial charge in [-0.25, -0.2) is 8.42 Å². The highest BCUT2D eigenvalue weighted by molar-refractivity contribution is 7.89. The summed E-state index contributed by atoms with van der Waals surface area (Å²) < 4.78 is 33.0. The average Bonchev–Trinajstić information content (AvgIpc) is 3.50. The highest BCUT2D eigenvalue weighted by Crippen LogP contribution is 2.34. The predicted octanol–water partition coefficient (Wildman–Crippen LogP) is 2.89. The molecule has 2 aliphatic rings. The molecule has 0 bridgehead atoms. The lowest BCUT2D eigenvalue weighted by atomic mass is 10.1. The van der Waals surface area contributed by atoms with Crippen molar-refractivity contribution in [1.29, 1.82) is 0 Å². The van der Waals surface area contributed by atoms with Crippen molar-refractivity contribution in [2.45, 2.75) is 44.3 Å². The predicted molar refractivity (Wildman–Crippen MR) is 139 cm³/mol. The van der Waals surface area contributed by atoms with Gasteiger partial charge in [-0.05, 0) is 50.2 Å². The standard InChI is InChI=1S/C27H35N5O3S/c1-22-10-11-23(2)31(22)19-15-28-13-16-30(17-14-28)27(33)21-26-25-9-6-12-29(25)18-20-32(26)36(34,35)24-7-4-3-5-8-24/h3-12,26H,13-21H2,1-2H3. The number of aryl methyl sites for hydroxylation is 2. The van der Waals surface area contributed by atoms with Gasteiger partial charge in [-0.3, -0.25) is 9.69 Å². The van der Waals surface area contributed by atoms with E-state index in [9.17, 15) is 13.2 Å². The van der Waals surface area contributed by atoms with E-state index in [1.807, 2.05) is 29.3 Å². The Balaban J connectivity index is 1.25. The summed E-state index contributed by atoms with van der Waals surface area (Å²) in [5, 5.41) is 0. The molecule has 1 amide bonds. The van der Waals surface area contributed by atoms with Gasteiger partial charge in [0.1, 0.15) is 0 Å². The fourth-order valence-electron chi connectivity index (χ4n) is 5.47. The third kappa shape index (κ3) is 4.87. The minimum Gasteiger partial charge on any atom is -0.349 e. The summed E-state index contributed by atoms with van der Waals surface area (Å²) in [6, 6.07) is 16.2. The van der Waals surface area contributed by atoms with Gasteiger partial charge in [0.05, 0.1) is 10.9 Å². The molecular weight excluding hydrogens is 474 g/mol. The summed E-state index contributed by atoms with van der Waals surface area (Å²) in [6.45, 7) is 10.1. The molecule has 1 atom stereocenters. The van der Waals surface area contributed by atoms with E-state index in [-0.39, 0.29) is 17.2 Å². The molecule has 0 N–H and O–H groups in total. The van der Waals surface area contributed by atoms with Crippen molar-refractivity contribution < 1.29 is 13.2 Å². The van der Waals surface area contributed by atoms with Crippen LogP contribution in [0.5, 0.6) is 0 Å². The zero-order valence-electron chi connectivity index (χ0n) is 21.1. The normalized spacial score (nSPS) is 19.4. The van der Waals surface area contributed by atoms with Crippen LogP contribution in [0.15, 0.2) is 65.7 Å². The Bertz CT molecular complexity index is 1290. The van der Waals surface area contributed by atoms with E-state index in [0.717, 1.165) is 31.9 Å². The highest BCUT2D eigenvalue weighted by atomic mass is 32.2. The number of aromatic nitrogens is 2. The summed E-state index contributed by atoms with van der Waals surface area (Å²) in [6.07, 6.45) is 2.12. The minimum atomic E-state index is -3.71. The Morgan fingerprint density at radius 3 is 2.22 bits per heavy atom. The molecule has 0 saturated carbocycles. The van der Waals surface area contributed by atoms with E-state index in [1.165, 1.54) is 15.7 Å². The number of hydrogen-bond donors (Lipinski definition) is 0. The Hall–Kier alpha value is -2.88. The van der Waals surface area contributed by atoms with Gasteiger partial charge in [-0.15, -0.1) is 0 Å². The zero-order valence-corrected chi connectivity index (χ0v) is 21.9. The van der Waals surface area contributed by atoms with E-state index >= 15 is 0 Å². The SMILES string of the molecule is Cc1ccc(C)n1CCN1CCN(C(=O)CC2c3cccn3CCN2S(=O)(=O)c2ccccc2)CC1. The van der Waals surface area contributed by atoms with Gasteiger partial charge < -0.3 is 14.0 Å². The van der Waals surface area contributed by atoms with Crippen molar-refractivity contribution in [3.05, 3.63) is 77.9 Å². The first-order valence-corrected chi connectivity index (χ1v) is 14.1. The van der Waals surface area contributed by atoms with E-state index in [2.05, 4.69) is 40.0 Å². The summed E-state index contributed by atoms with van der Waals surface area (Å²) in [4.78, 5) is 18.0. The maximum Gasteiger partial charge on any atom is 0.243 e. The largest absolute Gasteiger partial charge is 0.349 e. The average molecular weight is 510 g/mol. The van der Waals surface area contributed by atoms with Gasteiger partial charge in [0.2, 0.25) is 15.9 Å². The molecular formula is C27H35N5O3S. The number of carbonyl (C=O) groups is 1. The second kappa shape index (κ2) is 10.2. The van der Waals surface area contributed by atoms with Crippen LogP contribution in [0.1, 0.15) is 29.5 Å². The molecule has 5 rings (SSSR count). The maximum absolute atomic E-state index is 13.5. The molecule has 0 radical (unpaired) electrons. The number of fused-ring (bicyclic) bond motifs is 1. The van der Waals surface area contributed by atoms with Gasteiger partial charge in [0.25, 0.3) is 0 Å². The first-order chi connectivity index (χ1) is 17.3. The Labute approximate surface area is 213 Å². The number of carbonyl (C=O) groups excluding carboxylic acids is 1. The molecule has 9 heteroatoms. The van der Waals surface area contributed by atoms with Gasteiger partial charge in [0.15, 0.2) is 0 Å². The third-order valence-electron chi connectivity index (χ3n) is 7.61. The topological polar surface area (TPSA) is 70.8 Å². The van der Waals surface area contributed by atoms with E-state index in [4.69, 9.17) is 0 Å². The Morgan fingerprint density at radius 1 is 0.833 bits per heavy atom. The van der Waals surface area contributed by atoms with Crippen LogP contribution in [0.2, 0.25) is 0 Å². The minimum absolute atomic E-state index is 0.0136. The van der Waals surface area contributed by atoms with Crippen LogP contribution < -0.4 is 0 Å². The monoisotopic (exact) mass is 509 g/mol. The van der Waals surface area contributed by atoms with Gasteiger partial charge >= 0.3 is 0 Å². The second-order valence-corrected chi connectivity index (χ2v) is 11.7. The fraction of sp³-hybridized carbons (Fsp3) is 0.444. The lowest BCUT2D eigenvalue weighted by Gasteiger charge is -2.38. The van der Waals surface area contributed by atoms with Gasteiger partial charge in [-0.2, -0.15) is 4.31 Å². The second-order valence-electron chi connectivity index (χ2n) is 9.77. The molecule has 1 fully saturated rings. The molecule has 0 aliphatic carbocycles. The molecule has 36 heavy (non-hydrogen) atoms. The van der Waals surface area contributed by atoms with E-state index in [1.54, 1.807) is 24.3 Å². The molecule has 0 spiro atoms. The number of piperazine rings is 1. The van der Waals surface area contributed by atoms with Crippen LogP contribution >= 0.6 is 0 Å². The number of hydrogen-bond acceptors (Lipinski definition) is 4. The van der Waals surface area contributed by atoms with E-state index in [0.29, 0.717) is 26.2 Å². The quantitative estimate of drug-likeness (QED) is 0.491. The molecule has 192 valence electrons. The smallest absolute Gasteiger partial charge is 0.243 e. The Morgan fingerprint density at radius 2 is 1.53 bits per heavy atom. The highest BCUT2D eigenvalue weighted by Gasteiger charge is 2.38. The lowest BCUT2D eigenvalue weighted by molar-refractivity contribution is -0.134. The molecule has 2 aromatic heterocycles. The fourth-order valence-corrected chi connectivity index (χ4v) is 7.09. The molecule has 2 aliphatic heterocycles. The lowest BCUT2D eigenvalue weighted by Crippen LogP contribution is -2.50. The molecule has 8 nitrogen and oxygen atoms in total. The molecule has 1 aromatic carbocycles. The number of rotatable bonds is 7. The van der Waals surface area contributed by atoms with Crippen LogP contribution in [0.25, 0.3) is 0 Å². The molecule has 1 unspecified atom stereocenters. The van der Waals surface area contributed by atoms with Crippen LogP contribution in [0.3, 0.4) is 0 Å². The van der Waals surface area contributed by atoms with Crippen LogP contribution in [-0.2, 0) is 27.9 Å². The number of benzene rings is 1. The summed E-state index contributed by atoms with van der Waals surface area (Å²) in [5.74, 6) is 0.0136. The first-order valence-electron chi connectivity index (χ1n) is 12.7. The van der Waals surface area contributed by atoms with E-state index < -0.39 is 16.1 Å². The van der Waals surface area contributed by atoms with Gasteiger partial charge in [0, 0.05) is 82.1 Å². The van der Waals surface area contributed by atoms with Crippen molar-refractivity contribution in [2.24, 2.45) is 0 Å². The van der Waals surface area contributed by atoms with Crippen molar-refractivity contribution in [3.8, 4) is 0 Å². The van der Waals surface area contributed by atoms with Crippen LogP contribution in [0.4, 0.5) is 0 Å². The third-order valence-corrected chi connectivity index (χ3v) is 9.54. The van der Waals surface area contributed by atoms with Crippen molar-refractivity contribution in [1.82, 2.24) is 23.2 Å². The molecule has 4 heterocycles.